The molecule has 1 aromatic rings. The normalized spacial score (nSPS) is 30.4. The number of hydrogen-bond donors (Lipinski definition) is 1. The van der Waals surface area contributed by atoms with Crippen LogP contribution in [0.2, 0.25) is 0 Å². The summed E-state index contributed by atoms with van der Waals surface area (Å²) in [7, 11) is 9.12. The Bertz CT molecular complexity index is 3220. The number of allylic oxidation sites excluding steroid dienone is 6. The number of esters is 7. The van der Waals surface area contributed by atoms with E-state index in [1.54, 1.807) is 18.3 Å². The number of fused-ring (bicyclic) bond motifs is 7. The zero-order valence-corrected chi connectivity index (χ0v) is 57.5. The molecule has 1 saturated heterocycles. The summed E-state index contributed by atoms with van der Waals surface area (Å²) in [5.41, 5.74) is -1.37. The second-order valence-corrected chi connectivity index (χ2v) is 26.0. The molecule has 1 N–H and O–H groups in total. The third-order valence-corrected chi connectivity index (χ3v) is 20.3. The highest BCUT2D eigenvalue weighted by molar-refractivity contribution is 6.12. The van der Waals surface area contributed by atoms with Gasteiger partial charge < -0.3 is 66.9 Å². The van der Waals surface area contributed by atoms with Gasteiger partial charge in [-0.25, -0.2) is 0 Å². The monoisotopic (exact) mass is 1320 g/mol. The van der Waals surface area contributed by atoms with Crippen molar-refractivity contribution in [3.8, 4) is 11.5 Å². The summed E-state index contributed by atoms with van der Waals surface area (Å²) in [4.78, 5) is 120. The van der Waals surface area contributed by atoms with Gasteiger partial charge in [0.25, 0.3) is 0 Å². The van der Waals surface area contributed by atoms with Gasteiger partial charge >= 0.3 is 41.8 Å². The van der Waals surface area contributed by atoms with E-state index >= 15 is 0 Å². The van der Waals surface area contributed by atoms with Crippen LogP contribution in [0.4, 0.5) is 0 Å². The molecule has 0 amide bonds. The molecule has 0 spiro atoms. The lowest BCUT2D eigenvalue weighted by molar-refractivity contribution is -0.147. The second-order valence-electron chi connectivity index (χ2n) is 26.0. The van der Waals surface area contributed by atoms with Crippen LogP contribution in [0.25, 0.3) is 0 Å². The molecule has 1 aromatic carbocycles. The molecule has 25 nitrogen and oxygen atoms in total. The first-order valence-corrected chi connectivity index (χ1v) is 32.2. The molecule has 8 bridgehead atoms. The van der Waals surface area contributed by atoms with Crippen molar-refractivity contribution in [3.05, 3.63) is 57.7 Å². The van der Waals surface area contributed by atoms with Crippen LogP contribution in [0.3, 0.4) is 0 Å². The maximum Gasteiger partial charge on any atom is 0.306 e. The molecule has 0 aliphatic carbocycles. The van der Waals surface area contributed by atoms with E-state index in [1.165, 1.54) is 49.8 Å². The first-order valence-electron chi connectivity index (χ1n) is 32.2. The van der Waals surface area contributed by atoms with E-state index in [1.807, 2.05) is 61.5 Å². The average molecular weight is 1320 g/mol. The van der Waals surface area contributed by atoms with Gasteiger partial charge in [-0.3, -0.25) is 53.5 Å². The second kappa shape index (κ2) is 32.4. The largest absolute Gasteiger partial charge is 0.487 e. The van der Waals surface area contributed by atoms with Crippen molar-refractivity contribution in [2.45, 2.75) is 138 Å². The van der Waals surface area contributed by atoms with Crippen LogP contribution in [0.1, 0.15) is 132 Å². The summed E-state index contributed by atoms with van der Waals surface area (Å²) < 4.78 is 73.2. The van der Waals surface area contributed by atoms with Crippen LogP contribution >= 0.6 is 0 Å². The van der Waals surface area contributed by atoms with Gasteiger partial charge in [-0.1, -0.05) is 34.6 Å². The lowest BCUT2D eigenvalue weighted by Crippen LogP contribution is -2.55. The molecule has 0 aromatic heterocycles. The number of carbonyl (C=O) groups is 7. The molecule has 0 unspecified atom stereocenters. The number of carbonyl (C=O) groups excluding carboxylic acids is 7. The van der Waals surface area contributed by atoms with E-state index in [9.17, 15) is 33.6 Å². The predicted octanol–water partition coefficient (Wildman–Crippen LogP) is 7.82. The minimum atomic E-state index is -1.47. The van der Waals surface area contributed by atoms with Crippen LogP contribution in [0.15, 0.2) is 72.1 Å². The zero-order chi connectivity index (χ0) is 68.8. The Kier molecular flexibility index (Phi) is 25.5. The van der Waals surface area contributed by atoms with Crippen molar-refractivity contribution in [2.24, 2.45) is 65.3 Å². The Morgan fingerprint density at radius 3 is 1.60 bits per heavy atom. The van der Waals surface area contributed by atoms with E-state index < -0.39 is 98.7 Å². The smallest absolute Gasteiger partial charge is 0.306 e. The number of ether oxygens (including phenoxy) is 13. The molecule has 6 aliphatic heterocycles. The third kappa shape index (κ3) is 16.0. The summed E-state index contributed by atoms with van der Waals surface area (Å²) in [6.07, 6.45) is 1.10. The topological polar surface area (TPSA) is 301 Å². The summed E-state index contributed by atoms with van der Waals surface area (Å²) in [5.74, 6) is -5.88. The Hall–Kier alpha value is -7.35. The van der Waals surface area contributed by atoms with Crippen molar-refractivity contribution < 1.29 is 95.1 Å². The minimum Gasteiger partial charge on any atom is -0.487 e. The Balaban J connectivity index is 1.65. The van der Waals surface area contributed by atoms with Gasteiger partial charge in [0.05, 0.1) is 139 Å². The molecule has 6 heterocycles. The van der Waals surface area contributed by atoms with Gasteiger partial charge in [-0.2, -0.15) is 0 Å². The molecule has 1 fully saturated rings. The molecule has 94 heavy (non-hydrogen) atoms. The summed E-state index contributed by atoms with van der Waals surface area (Å²) in [6.45, 7) is 18.7. The summed E-state index contributed by atoms with van der Waals surface area (Å²) in [5, 5.41) is 3.85. The number of nitrogens with one attached hydrogen (secondary N) is 1. The van der Waals surface area contributed by atoms with Crippen LogP contribution in [0, 0.1) is 45.3 Å². The molecule has 0 radical (unpaired) electrons. The van der Waals surface area contributed by atoms with Crippen molar-refractivity contribution in [1.29, 1.82) is 0 Å². The maximum absolute atomic E-state index is 14.3. The third-order valence-electron chi connectivity index (χ3n) is 20.3. The summed E-state index contributed by atoms with van der Waals surface area (Å²) in [6, 6.07) is 4.41. The standard InChI is InChI=1S/C69H97N5O20/c1-41-57-44(17-21-50(75)82-9)65(3,4)64(71-57)60(70-40-43-16-20-48-49(36-43)94-35-33-92-31-29-90-27-26-89-28-30-91-32-34-93-48)59-45(18-22-51(76)83-10)67(6,38-55(80)87-14)62(72-59)42(2)58-46(19-23-52(77)84-11)68(7,39-56(81)88-15)69(8,74-58)63-47(37-54(79)86-13)66(5,61(41)73-63)25-24-53(78)85-12/h16,20,36,40,44-47,63,72H,17-19,21-35,37-39H2,1-15H3/b57-41-,60-59+,62-42-,70-40?/t44-,45-,46-,47+,63-,66-,67+,68+,69-/m1/s1. The van der Waals surface area contributed by atoms with Gasteiger partial charge in [0.15, 0.2) is 11.5 Å². The highest BCUT2D eigenvalue weighted by atomic mass is 16.6. The van der Waals surface area contributed by atoms with Gasteiger partial charge in [0.1, 0.15) is 18.9 Å². The highest BCUT2D eigenvalue weighted by Gasteiger charge is 2.67. The van der Waals surface area contributed by atoms with Crippen LogP contribution < -0.4 is 14.8 Å². The van der Waals surface area contributed by atoms with Gasteiger partial charge in [-0.15, -0.1) is 0 Å². The first-order chi connectivity index (χ1) is 44.8. The van der Waals surface area contributed by atoms with E-state index in [2.05, 4.69) is 5.32 Å². The maximum atomic E-state index is 14.3. The highest BCUT2D eigenvalue weighted by Crippen LogP contribution is 2.63. The first kappa shape index (κ1) is 74.1. The minimum absolute atomic E-state index is 0.0345. The van der Waals surface area contributed by atoms with Gasteiger partial charge in [0, 0.05) is 106 Å². The molecule has 25 heteroatoms. The quantitative estimate of drug-likeness (QED) is 0.0738. The number of nitrogens with zero attached hydrogens (tertiary/aromatic N) is 4. The lowest BCUT2D eigenvalue weighted by atomic mass is 9.55. The fourth-order valence-electron chi connectivity index (χ4n) is 14.8. The molecule has 518 valence electrons. The van der Waals surface area contributed by atoms with Crippen molar-refractivity contribution in [1.82, 2.24) is 5.32 Å². The number of hydrogen-bond acceptors (Lipinski definition) is 25. The molecule has 6 aliphatic rings. The van der Waals surface area contributed by atoms with Crippen molar-refractivity contribution >= 4 is 65.1 Å². The Labute approximate surface area is 551 Å². The predicted molar refractivity (Wildman–Crippen MR) is 345 cm³/mol. The van der Waals surface area contributed by atoms with E-state index in [4.69, 9.17) is 81.5 Å². The molecule has 7 rings (SSSR count). The van der Waals surface area contributed by atoms with E-state index in [-0.39, 0.29) is 97.1 Å². The van der Waals surface area contributed by atoms with E-state index in [0.29, 0.717) is 108 Å². The lowest BCUT2D eigenvalue weighted by Gasteiger charge is -2.48. The molecular formula is C69H97N5O20. The molecule has 0 saturated carbocycles. The fraction of sp³-hybridized carbons (Fsp3) is 0.667. The Morgan fingerprint density at radius 2 is 1.05 bits per heavy atom. The summed E-state index contributed by atoms with van der Waals surface area (Å²) >= 11 is 0. The van der Waals surface area contributed by atoms with Crippen LogP contribution in [0.5, 0.6) is 11.5 Å². The van der Waals surface area contributed by atoms with Gasteiger partial charge in [-0.05, 0) is 81.4 Å². The molecule has 9 atom stereocenters. The number of methoxy groups -OCH3 is 7. The number of aliphatic imine (C=N–C) groups is 4. The van der Waals surface area contributed by atoms with E-state index in [0.717, 1.165) is 0 Å². The molecular weight excluding hydrogens is 1220 g/mol. The van der Waals surface area contributed by atoms with Crippen LogP contribution in [-0.4, -0.2) is 193 Å². The van der Waals surface area contributed by atoms with Gasteiger partial charge in [0.2, 0.25) is 0 Å². The number of benzene rings is 1. The average Bonchev–Trinajstić information content (AvgIpc) is 1.53. The SMILES string of the molecule is COC(=O)CC[C@@H]1/C2=C(\C)C3=N[C@H]([C@H](CC(=O)OC)[C@@]3(C)CCC(=O)OC)[C@@]3(C)N=C(/C(C)=C4\N/C(=C(/N=Cc5ccc6c(c5)OCCOCCOCCOCCOCCO6)C(=N2)C1(C)C)[C@@H](CCC(=O)OC)[C@]4(C)CC(=O)OC)[C@@H](CCC(=O)OC)[C@]3(C)CC(=O)OC. The van der Waals surface area contributed by atoms with Crippen molar-refractivity contribution in [3.63, 3.8) is 0 Å². The number of rotatable bonds is 20. The fourth-order valence-corrected chi connectivity index (χ4v) is 14.8. The zero-order valence-electron chi connectivity index (χ0n) is 57.5. The van der Waals surface area contributed by atoms with Crippen molar-refractivity contribution in [2.75, 3.05) is 116 Å². The Morgan fingerprint density at radius 1 is 0.564 bits per heavy atom. The van der Waals surface area contributed by atoms with Crippen LogP contribution in [-0.2, 0) is 85.7 Å².